The van der Waals surface area contributed by atoms with Gasteiger partial charge in [-0.1, -0.05) is 20.8 Å². The first kappa shape index (κ1) is 14.9. The summed E-state index contributed by atoms with van der Waals surface area (Å²) in [7, 11) is 3.66. The molecule has 94 valence electrons. The predicted octanol–water partition coefficient (Wildman–Crippen LogP) is 0.664. The van der Waals surface area contributed by atoms with Gasteiger partial charge < -0.3 is 10.6 Å². The molecular weight excluding hydrogens is 206 g/mol. The Hall–Kier alpha value is -1.10. The highest BCUT2D eigenvalue weighted by Crippen LogP contribution is 2.10. The van der Waals surface area contributed by atoms with Crippen molar-refractivity contribution in [1.82, 2.24) is 15.5 Å². The van der Waals surface area contributed by atoms with E-state index in [0.29, 0.717) is 19.3 Å². The van der Waals surface area contributed by atoms with Gasteiger partial charge in [-0.25, -0.2) is 0 Å². The summed E-state index contributed by atoms with van der Waals surface area (Å²) in [6, 6.07) is 0. The lowest BCUT2D eigenvalue weighted by Gasteiger charge is -2.40. The molecule has 0 saturated carbocycles. The van der Waals surface area contributed by atoms with Gasteiger partial charge in [0.1, 0.15) is 0 Å². The highest BCUT2D eigenvalue weighted by atomic mass is 16.2. The van der Waals surface area contributed by atoms with Crippen LogP contribution in [-0.2, 0) is 9.59 Å². The van der Waals surface area contributed by atoms with Crippen LogP contribution in [-0.4, -0.2) is 36.6 Å². The van der Waals surface area contributed by atoms with Crippen molar-refractivity contribution in [2.24, 2.45) is 0 Å². The van der Waals surface area contributed by atoms with Crippen molar-refractivity contribution < 1.29 is 9.59 Å². The highest BCUT2D eigenvalue weighted by Gasteiger charge is 2.33. The maximum absolute atomic E-state index is 11.5. The van der Waals surface area contributed by atoms with E-state index >= 15 is 0 Å². The van der Waals surface area contributed by atoms with Gasteiger partial charge >= 0.3 is 0 Å². The van der Waals surface area contributed by atoms with Crippen molar-refractivity contribution in [3.8, 4) is 0 Å². The molecule has 5 nitrogen and oxygen atoms in total. The standard InChI is InChI=1S/C11H23N3O2/c1-6-9(15)12-11(8-3,14(4)5)13-10(16)7-2/h6-8H2,1-5H3,(H,12,15)(H,13,16). The van der Waals surface area contributed by atoms with E-state index in [1.54, 1.807) is 13.8 Å². The van der Waals surface area contributed by atoms with Crippen molar-refractivity contribution in [2.45, 2.75) is 45.8 Å². The first-order valence-corrected chi connectivity index (χ1v) is 5.71. The fourth-order valence-electron chi connectivity index (χ4n) is 1.39. The van der Waals surface area contributed by atoms with Gasteiger partial charge in [0.2, 0.25) is 11.8 Å². The molecule has 0 unspecified atom stereocenters. The van der Waals surface area contributed by atoms with Gasteiger partial charge in [-0.3, -0.25) is 14.5 Å². The zero-order chi connectivity index (χ0) is 12.8. The summed E-state index contributed by atoms with van der Waals surface area (Å²) in [6.07, 6.45) is 1.41. The summed E-state index contributed by atoms with van der Waals surface area (Å²) >= 11 is 0. The third-order valence-corrected chi connectivity index (χ3v) is 2.61. The van der Waals surface area contributed by atoms with Crippen LogP contribution in [0.5, 0.6) is 0 Å². The van der Waals surface area contributed by atoms with E-state index in [1.165, 1.54) is 0 Å². The molecule has 0 spiro atoms. The van der Waals surface area contributed by atoms with Crippen molar-refractivity contribution in [1.29, 1.82) is 0 Å². The Morgan fingerprint density at radius 2 is 1.38 bits per heavy atom. The van der Waals surface area contributed by atoms with Crippen LogP contribution in [0.4, 0.5) is 0 Å². The second-order valence-electron chi connectivity index (χ2n) is 3.91. The van der Waals surface area contributed by atoms with Crippen molar-refractivity contribution >= 4 is 11.8 Å². The maximum Gasteiger partial charge on any atom is 0.222 e. The van der Waals surface area contributed by atoms with Crippen molar-refractivity contribution in [2.75, 3.05) is 14.1 Å². The normalized spacial score (nSPS) is 11.4. The van der Waals surface area contributed by atoms with Crippen LogP contribution in [0.2, 0.25) is 0 Å². The molecule has 0 atom stereocenters. The molecule has 0 saturated heterocycles. The minimum atomic E-state index is -0.778. The third-order valence-electron chi connectivity index (χ3n) is 2.61. The van der Waals surface area contributed by atoms with Gasteiger partial charge in [-0.15, -0.1) is 0 Å². The van der Waals surface area contributed by atoms with E-state index in [2.05, 4.69) is 10.6 Å². The molecule has 0 aliphatic rings. The number of amides is 2. The zero-order valence-corrected chi connectivity index (χ0v) is 10.9. The average Bonchev–Trinajstić information content (AvgIpc) is 2.27. The summed E-state index contributed by atoms with van der Waals surface area (Å²) in [6.45, 7) is 5.49. The first-order valence-electron chi connectivity index (χ1n) is 5.71. The van der Waals surface area contributed by atoms with E-state index in [9.17, 15) is 9.59 Å². The zero-order valence-electron chi connectivity index (χ0n) is 10.9. The van der Waals surface area contributed by atoms with Gasteiger partial charge in [0.25, 0.3) is 0 Å². The van der Waals surface area contributed by atoms with E-state index in [1.807, 2.05) is 25.9 Å². The molecule has 0 fully saturated rings. The fourth-order valence-corrected chi connectivity index (χ4v) is 1.39. The number of hydrogen-bond donors (Lipinski definition) is 2. The SMILES string of the molecule is CCC(=O)NC(CC)(NC(=O)CC)N(C)C. The smallest absolute Gasteiger partial charge is 0.222 e. The van der Waals surface area contributed by atoms with Gasteiger partial charge in [0, 0.05) is 19.3 Å². The van der Waals surface area contributed by atoms with E-state index in [-0.39, 0.29) is 11.8 Å². The van der Waals surface area contributed by atoms with Crippen molar-refractivity contribution in [3.05, 3.63) is 0 Å². The fraction of sp³-hybridized carbons (Fsp3) is 0.818. The lowest BCUT2D eigenvalue weighted by molar-refractivity contribution is -0.131. The number of hydrogen-bond acceptors (Lipinski definition) is 3. The molecular formula is C11H23N3O2. The lowest BCUT2D eigenvalue weighted by atomic mass is 10.2. The van der Waals surface area contributed by atoms with E-state index < -0.39 is 5.79 Å². The van der Waals surface area contributed by atoms with Crippen LogP contribution in [0.25, 0.3) is 0 Å². The Balaban J connectivity index is 4.84. The summed E-state index contributed by atoms with van der Waals surface area (Å²) in [5, 5.41) is 5.70. The third kappa shape index (κ3) is 3.81. The molecule has 0 aromatic heterocycles. The Morgan fingerprint density at radius 3 is 1.56 bits per heavy atom. The van der Waals surface area contributed by atoms with Gasteiger partial charge in [-0.2, -0.15) is 0 Å². The molecule has 0 bridgehead atoms. The van der Waals surface area contributed by atoms with Crippen LogP contribution < -0.4 is 10.6 Å². The number of carbonyl (C=O) groups is 2. The summed E-state index contributed by atoms with van der Waals surface area (Å²) in [5.41, 5.74) is 0. The summed E-state index contributed by atoms with van der Waals surface area (Å²) < 4.78 is 0. The molecule has 0 aliphatic heterocycles. The minimum Gasteiger partial charge on any atom is -0.321 e. The van der Waals surface area contributed by atoms with Crippen LogP contribution in [0.3, 0.4) is 0 Å². The molecule has 0 heterocycles. The first-order chi connectivity index (χ1) is 7.41. The monoisotopic (exact) mass is 229 g/mol. The highest BCUT2D eigenvalue weighted by molar-refractivity contribution is 5.79. The molecule has 0 aromatic carbocycles. The number of nitrogens with zero attached hydrogens (tertiary/aromatic N) is 1. The molecule has 0 aromatic rings. The molecule has 0 radical (unpaired) electrons. The van der Waals surface area contributed by atoms with Crippen LogP contribution in [0, 0.1) is 0 Å². The van der Waals surface area contributed by atoms with Crippen LogP contribution in [0.1, 0.15) is 40.0 Å². The second-order valence-corrected chi connectivity index (χ2v) is 3.91. The molecule has 2 amide bonds. The Morgan fingerprint density at radius 1 is 1.00 bits per heavy atom. The molecule has 0 aliphatic carbocycles. The van der Waals surface area contributed by atoms with Gasteiger partial charge in [0.15, 0.2) is 5.79 Å². The summed E-state index contributed by atoms with van der Waals surface area (Å²) in [5.74, 6) is -0.931. The Kier molecular flexibility index (Phi) is 6.03. The Bertz CT molecular complexity index is 234. The largest absolute Gasteiger partial charge is 0.321 e. The number of carbonyl (C=O) groups excluding carboxylic acids is 2. The molecule has 16 heavy (non-hydrogen) atoms. The molecule has 2 N–H and O–H groups in total. The van der Waals surface area contributed by atoms with E-state index in [0.717, 1.165) is 0 Å². The maximum atomic E-state index is 11.5. The van der Waals surface area contributed by atoms with E-state index in [4.69, 9.17) is 0 Å². The minimum absolute atomic E-state index is 0.0769. The molecule has 0 rings (SSSR count). The predicted molar refractivity (Wildman–Crippen MR) is 63.6 cm³/mol. The summed E-state index contributed by atoms with van der Waals surface area (Å²) in [4.78, 5) is 24.8. The van der Waals surface area contributed by atoms with Gasteiger partial charge in [0.05, 0.1) is 0 Å². The van der Waals surface area contributed by atoms with Crippen LogP contribution in [0.15, 0.2) is 0 Å². The van der Waals surface area contributed by atoms with Gasteiger partial charge in [-0.05, 0) is 14.1 Å². The van der Waals surface area contributed by atoms with Crippen molar-refractivity contribution in [3.63, 3.8) is 0 Å². The van der Waals surface area contributed by atoms with Crippen LogP contribution >= 0.6 is 0 Å². The second kappa shape index (κ2) is 6.48. The lowest BCUT2D eigenvalue weighted by Crippen LogP contribution is -2.67. The number of nitrogens with one attached hydrogen (secondary N) is 2. The average molecular weight is 229 g/mol. The quantitative estimate of drug-likeness (QED) is 0.658. The topological polar surface area (TPSA) is 61.4 Å². The molecule has 5 heteroatoms. The Labute approximate surface area is 97.6 Å². The number of rotatable bonds is 6.